The first-order valence-electron chi connectivity index (χ1n) is 6.08. The summed E-state index contributed by atoms with van der Waals surface area (Å²) < 4.78 is 10.5. The molecule has 0 aromatic carbocycles. The third kappa shape index (κ3) is 4.85. The van der Waals surface area contributed by atoms with Crippen molar-refractivity contribution in [2.24, 2.45) is 5.73 Å². The van der Waals surface area contributed by atoms with Crippen molar-refractivity contribution in [1.82, 2.24) is 9.97 Å². The largest absolute Gasteiger partial charge is 0.478 e. The van der Waals surface area contributed by atoms with E-state index in [1.165, 1.54) is 0 Å². The first kappa shape index (κ1) is 14.7. The van der Waals surface area contributed by atoms with Gasteiger partial charge in [0.25, 0.3) is 0 Å². The summed E-state index contributed by atoms with van der Waals surface area (Å²) in [4.78, 5) is 10.4. The SMILES string of the molecule is CCCOc1ccnc(N(C)CC(N)COC)n1. The molecule has 1 aromatic heterocycles. The number of hydrogen-bond donors (Lipinski definition) is 1. The highest BCUT2D eigenvalue weighted by Gasteiger charge is 2.10. The number of anilines is 1. The molecule has 6 nitrogen and oxygen atoms in total. The van der Waals surface area contributed by atoms with Gasteiger partial charge < -0.3 is 20.1 Å². The summed E-state index contributed by atoms with van der Waals surface area (Å²) in [6.07, 6.45) is 2.64. The van der Waals surface area contributed by atoms with Crippen LogP contribution in [-0.2, 0) is 4.74 Å². The van der Waals surface area contributed by atoms with E-state index >= 15 is 0 Å². The predicted molar refractivity (Wildman–Crippen MR) is 70.9 cm³/mol. The van der Waals surface area contributed by atoms with Gasteiger partial charge in [0.05, 0.1) is 13.2 Å². The fraction of sp³-hybridized carbons (Fsp3) is 0.667. The molecule has 1 aromatic rings. The van der Waals surface area contributed by atoms with Gasteiger partial charge in [0.15, 0.2) is 0 Å². The molecule has 0 fully saturated rings. The van der Waals surface area contributed by atoms with Crippen LogP contribution in [0, 0.1) is 0 Å². The van der Waals surface area contributed by atoms with Gasteiger partial charge in [-0.1, -0.05) is 6.92 Å². The molecular weight excluding hydrogens is 232 g/mol. The zero-order chi connectivity index (χ0) is 13.4. The molecule has 0 aliphatic heterocycles. The van der Waals surface area contributed by atoms with Crippen molar-refractivity contribution >= 4 is 5.95 Å². The van der Waals surface area contributed by atoms with E-state index in [2.05, 4.69) is 16.9 Å². The second-order valence-corrected chi connectivity index (χ2v) is 4.14. The quantitative estimate of drug-likeness (QED) is 0.735. The highest BCUT2D eigenvalue weighted by atomic mass is 16.5. The van der Waals surface area contributed by atoms with Crippen LogP contribution in [0.1, 0.15) is 13.3 Å². The molecule has 0 spiro atoms. The maximum absolute atomic E-state index is 5.89. The Morgan fingerprint density at radius 3 is 2.94 bits per heavy atom. The molecule has 0 amide bonds. The molecule has 2 N–H and O–H groups in total. The third-order valence-corrected chi connectivity index (χ3v) is 2.30. The Hall–Kier alpha value is -1.40. The maximum atomic E-state index is 5.89. The zero-order valence-corrected chi connectivity index (χ0v) is 11.3. The minimum Gasteiger partial charge on any atom is -0.478 e. The smallest absolute Gasteiger partial charge is 0.228 e. The lowest BCUT2D eigenvalue weighted by molar-refractivity contribution is 0.181. The van der Waals surface area contributed by atoms with E-state index < -0.39 is 0 Å². The summed E-state index contributed by atoms with van der Waals surface area (Å²) in [5.74, 6) is 1.20. The third-order valence-electron chi connectivity index (χ3n) is 2.30. The molecule has 18 heavy (non-hydrogen) atoms. The molecule has 1 rings (SSSR count). The number of ether oxygens (including phenoxy) is 2. The van der Waals surface area contributed by atoms with Crippen molar-refractivity contribution in [1.29, 1.82) is 0 Å². The molecule has 0 aliphatic carbocycles. The lowest BCUT2D eigenvalue weighted by atomic mass is 10.3. The van der Waals surface area contributed by atoms with E-state index in [0.717, 1.165) is 6.42 Å². The Labute approximate surface area is 108 Å². The van der Waals surface area contributed by atoms with Gasteiger partial charge in [0.1, 0.15) is 0 Å². The normalized spacial score (nSPS) is 12.2. The van der Waals surface area contributed by atoms with Crippen LogP contribution in [0.2, 0.25) is 0 Å². The molecule has 0 aliphatic rings. The van der Waals surface area contributed by atoms with Crippen molar-refractivity contribution in [2.75, 3.05) is 38.8 Å². The molecule has 1 atom stereocenters. The second-order valence-electron chi connectivity index (χ2n) is 4.14. The first-order chi connectivity index (χ1) is 8.67. The summed E-state index contributed by atoms with van der Waals surface area (Å²) in [6, 6.07) is 1.69. The summed E-state index contributed by atoms with van der Waals surface area (Å²) >= 11 is 0. The Morgan fingerprint density at radius 1 is 1.50 bits per heavy atom. The number of aromatic nitrogens is 2. The average molecular weight is 254 g/mol. The molecule has 0 saturated carbocycles. The van der Waals surface area contributed by atoms with Crippen molar-refractivity contribution in [2.45, 2.75) is 19.4 Å². The summed E-state index contributed by atoms with van der Waals surface area (Å²) in [6.45, 7) is 3.85. The molecule has 6 heteroatoms. The van der Waals surface area contributed by atoms with Crippen LogP contribution in [0.3, 0.4) is 0 Å². The van der Waals surface area contributed by atoms with Gasteiger partial charge in [0.2, 0.25) is 11.8 Å². The van der Waals surface area contributed by atoms with Crippen LogP contribution in [0.15, 0.2) is 12.3 Å². The minimum atomic E-state index is -0.0659. The molecule has 0 saturated heterocycles. The average Bonchev–Trinajstić information content (AvgIpc) is 2.37. The minimum absolute atomic E-state index is 0.0659. The number of rotatable bonds is 8. The molecule has 1 unspecified atom stereocenters. The molecule has 102 valence electrons. The fourth-order valence-electron chi connectivity index (χ4n) is 1.50. The predicted octanol–water partition coefficient (Wildman–Crippen LogP) is 0.675. The highest BCUT2D eigenvalue weighted by molar-refractivity contribution is 5.30. The zero-order valence-electron chi connectivity index (χ0n) is 11.3. The Morgan fingerprint density at radius 2 is 2.28 bits per heavy atom. The number of methoxy groups -OCH3 is 1. The van der Waals surface area contributed by atoms with Crippen LogP contribution in [0.4, 0.5) is 5.95 Å². The van der Waals surface area contributed by atoms with Crippen LogP contribution in [0.25, 0.3) is 0 Å². The van der Waals surface area contributed by atoms with E-state index in [1.807, 2.05) is 11.9 Å². The van der Waals surface area contributed by atoms with Crippen LogP contribution < -0.4 is 15.4 Å². The maximum Gasteiger partial charge on any atom is 0.228 e. The van der Waals surface area contributed by atoms with Crippen molar-refractivity contribution in [3.8, 4) is 5.88 Å². The van der Waals surface area contributed by atoms with E-state index in [1.54, 1.807) is 19.4 Å². The van der Waals surface area contributed by atoms with Crippen molar-refractivity contribution in [3.63, 3.8) is 0 Å². The van der Waals surface area contributed by atoms with Gasteiger partial charge in [0, 0.05) is 39.0 Å². The molecule has 0 radical (unpaired) electrons. The van der Waals surface area contributed by atoms with Crippen molar-refractivity contribution in [3.05, 3.63) is 12.3 Å². The monoisotopic (exact) mass is 254 g/mol. The van der Waals surface area contributed by atoms with Gasteiger partial charge >= 0.3 is 0 Å². The lowest BCUT2D eigenvalue weighted by Gasteiger charge is -2.21. The van der Waals surface area contributed by atoms with Crippen LogP contribution in [0.5, 0.6) is 5.88 Å². The lowest BCUT2D eigenvalue weighted by Crippen LogP contribution is -2.39. The second kappa shape index (κ2) is 7.84. The molecule has 1 heterocycles. The number of nitrogens with two attached hydrogens (primary N) is 1. The Kier molecular flexibility index (Phi) is 6.38. The number of likely N-dealkylation sites (N-methyl/N-ethyl adjacent to an activating group) is 1. The number of nitrogens with zero attached hydrogens (tertiary/aromatic N) is 3. The number of hydrogen-bond acceptors (Lipinski definition) is 6. The van der Waals surface area contributed by atoms with E-state index in [-0.39, 0.29) is 6.04 Å². The Bertz CT molecular complexity index is 349. The van der Waals surface area contributed by atoms with Crippen molar-refractivity contribution < 1.29 is 9.47 Å². The first-order valence-corrected chi connectivity index (χ1v) is 6.08. The van der Waals surface area contributed by atoms with Gasteiger partial charge in [-0.05, 0) is 6.42 Å². The highest BCUT2D eigenvalue weighted by Crippen LogP contribution is 2.11. The topological polar surface area (TPSA) is 73.5 Å². The van der Waals surface area contributed by atoms with E-state index in [4.69, 9.17) is 15.2 Å². The Balaban J connectivity index is 2.58. The van der Waals surface area contributed by atoms with Gasteiger partial charge in [-0.2, -0.15) is 4.98 Å². The summed E-state index contributed by atoms with van der Waals surface area (Å²) in [5, 5.41) is 0. The summed E-state index contributed by atoms with van der Waals surface area (Å²) in [7, 11) is 3.53. The van der Waals surface area contributed by atoms with E-state index in [0.29, 0.717) is 31.6 Å². The molecular formula is C12H22N4O2. The van der Waals surface area contributed by atoms with Gasteiger partial charge in [-0.25, -0.2) is 4.98 Å². The van der Waals surface area contributed by atoms with Gasteiger partial charge in [-0.15, -0.1) is 0 Å². The van der Waals surface area contributed by atoms with Gasteiger partial charge in [-0.3, -0.25) is 0 Å². The standard InChI is InChI=1S/C12H22N4O2/c1-4-7-18-11-5-6-14-12(15-11)16(2)8-10(13)9-17-3/h5-6,10H,4,7-9,13H2,1-3H3. The summed E-state index contributed by atoms with van der Waals surface area (Å²) in [5.41, 5.74) is 5.89. The van der Waals surface area contributed by atoms with Crippen LogP contribution >= 0.6 is 0 Å². The fourth-order valence-corrected chi connectivity index (χ4v) is 1.50. The van der Waals surface area contributed by atoms with E-state index in [9.17, 15) is 0 Å². The van der Waals surface area contributed by atoms with Crippen LogP contribution in [-0.4, -0.2) is 49.9 Å². The molecule has 0 bridgehead atoms.